The Labute approximate surface area is 123 Å². The third kappa shape index (κ3) is 3.99. The van der Waals surface area contributed by atoms with E-state index in [0.717, 1.165) is 16.5 Å². The molecule has 5 nitrogen and oxygen atoms in total. The lowest BCUT2D eigenvalue weighted by atomic mass is 10.1. The molecule has 2 rings (SSSR count). The summed E-state index contributed by atoms with van der Waals surface area (Å²) in [5.74, 6) is 0. The molecule has 0 aliphatic carbocycles. The van der Waals surface area contributed by atoms with E-state index in [1.165, 1.54) is 0 Å². The number of nitriles is 1. The van der Waals surface area contributed by atoms with Crippen LogP contribution >= 0.6 is 0 Å². The van der Waals surface area contributed by atoms with Crippen LogP contribution in [0.2, 0.25) is 0 Å². The number of alkyl carbamates (subject to hydrolysis) is 1. The molecule has 110 valence electrons. The first kappa shape index (κ1) is 14.9. The molecule has 1 aromatic carbocycles. The maximum atomic E-state index is 11.7. The van der Waals surface area contributed by atoms with Crippen molar-refractivity contribution >= 4 is 17.0 Å². The number of para-hydroxylation sites is 1. The number of hydrogen-bond acceptors (Lipinski definition) is 3. The average molecular weight is 285 g/mol. The number of fused-ring (bicyclic) bond motifs is 1. The molecule has 0 saturated heterocycles. The lowest BCUT2D eigenvalue weighted by Crippen LogP contribution is -2.39. The Morgan fingerprint density at radius 2 is 2.14 bits per heavy atom. The first-order chi connectivity index (χ1) is 9.89. The Hall–Kier alpha value is -2.48. The first-order valence-corrected chi connectivity index (χ1v) is 6.83. The van der Waals surface area contributed by atoms with Gasteiger partial charge in [0.2, 0.25) is 0 Å². The lowest BCUT2D eigenvalue weighted by molar-refractivity contribution is 0.0516. The highest BCUT2D eigenvalue weighted by Gasteiger charge is 2.20. The molecule has 0 bridgehead atoms. The largest absolute Gasteiger partial charge is 0.444 e. The van der Waals surface area contributed by atoms with Gasteiger partial charge in [-0.25, -0.2) is 4.79 Å². The summed E-state index contributed by atoms with van der Waals surface area (Å²) in [7, 11) is 0. The molecule has 0 saturated carbocycles. The molecule has 1 amide bonds. The van der Waals surface area contributed by atoms with Gasteiger partial charge >= 0.3 is 6.09 Å². The van der Waals surface area contributed by atoms with E-state index in [2.05, 4.69) is 16.4 Å². The van der Waals surface area contributed by atoms with Gasteiger partial charge in [-0.05, 0) is 32.4 Å². The fourth-order valence-electron chi connectivity index (χ4n) is 2.10. The van der Waals surface area contributed by atoms with Crippen molar-refractivity contribution in [2.75, 3.05) is 0 Å². The molecule has 0 unspecified atom stereocenters. The highest BCUT2D eigenvalue weighted by molar-refractivity contribution is 5.83. The zero-order chi connectivity index (χ0) is 15.5. The van der Waals surface area contributed by atoms with Gasteiger partial charge in [0.1, 0.15) is 11.6 Å². The van der Waals surface area contributed by atoms with Crippen LogP contribution in [-0.4, -0.2) is 22.7 Å². The van der Waals surface area contributed by atoms with E-state index in [9.17, 15) is 10.1 Å². The Morgan fingerprint density at radius 3 is 2.81 bits per heavy atom. The molecule has 1 aromatic heterocycles. The third-order valence-electron chi connectivity index (χ3n) is 2.95. The summed E-state index contributed by atoms with van der Waals surface area (Å²) in [4.78, 5) is 14.9. The second kappa shape index (κ2) is 5.88. The van der Waals surface area contributed by atoms with Crippen molar-refractivity contribution in [2.45, 2.75) is 38.8 Å². The quantitative estimate of drug-likeness (QED) is 0.909. The number of nitrogens with zero attached hydrogens (tertiary/aromatic N) is 1. The van der Waals surface area contributed by atoms with Crippen molar-refractivity contribution in [1.82, 2.24) is 10.3 Å². The topological polar surface area (TPSA) is 77.9 Å². The number of nitrogens with one attached hydrogen (secondary N) is 2. The van der Waals surface area contributed by atoms with Crippen LogP contribution < -0.4 is 5.32 Å². The van der Waals surface area contributed by atoms with Gasteiger partial charge in [0.05, 0.1) is 6.07 Å². The summed E-state index contributed by atoms with van der Waals surface area (Å²) in [6.45, 7) is 5.36. The van der Waals surface area contributed by atoms with Gasteiger partial charge in [-0.3, -0.25) is 0 Å². The molecule has 21 heavy (non-hydrogen) atoms. The minimum Gasteiger partial charge on any atom is -0.444 e. The van der Waals surface area contributed by atoms with Crippen LogP contribution in [0.3, 0.4) is 0 Å². The van der Waals surface area contributed by atoms with Gasteiger partial charge < -0.3 is 15.0 Å². The fourth-order valence-corrected chi connectivity index (χ4v) is 2.10. The molecular weight excluding hydrogens is 266 g/mol. The zero-order valence-electron chi connectivity index (χ0n) is 12.4. The summed E-state index contributed by atoms with van der Waals surface area (Å²) in [6, 6.07) is 9.33. The van der Waals surface area contributed by atoms with Gasteiger partial charge in [-0.15, -0.1) is 0 Å². The van der Waals surface area contributed by atoms with Crippen molar-refractivity contribution in [2.24, 2.45) is 0 Å². The van der Waals surface area contributed by atoms with E-state index in [4.69, 9.17) is 4.74 Å². The van der Waals surface area contributed by atoms with Gasteiger partial charge in [0.25, 0.3) is 0 Å². The predicted octanol–water partition coefficient (Wildman–Crippen LogP) is 3.13. The first-order valence-electron chi connectivity index (χ1n) is 6.83. The van der Waals surface area contributed by atoms with Crippen molar-refractivity contribution in [3.63, 3.8) is 0 Å². The number of amides is 1. The maximum Gasteiger partial charge on any atom is 0.408 e. The summed E-state index contributed by atoms with van der Waals surface area (Å²) in [5, 5.41) is 12.9. The van der Waals surface area contributed by atoms with Crippen molar-refractivity contribution in [3.8, 4) is 6.07 Å². The van der Waals surface area contributed by atoms with E-state index in [-0.39, 0.29) is 0 Å². The Morgan fingerprint density at radius 1 is 1.43 bits per heavy atom. The Bertz CT molecular complexity index is 677. The van der Waals surface area contributed by atoms with Crippen LogP contribution in [0.15, 0.2) is 30.5 Å². The van der Waals surface area contributed by atoms with Gasteiger partial charge in [0.15, 0.2) is 0 Å². The van der Waals surface area contributed by atoms with E-state index >= 15 is 0 Å². The maximum absolute atomic E-state index is 11.7. The fraction of sp³-hybridized carbons (Fsp3) is 0.375. The van der Waals surface area contributed by atoms with E-state index in [0.29, 0.717) is 6.42 Å². The predicted molar refractivity (Wildman–Crippen MR) is 80.8 cm³/mol. The molecule has 1 atom stereocenters. The van der Waals surface area contributed by atoms with Crippen molar-refractivity contribution < 1.29 is 9.53 Å². The van der Waals surface area contributed by atoms with Crippen LogP contribution in [0.1, 0.15) is 26.3 Å². The van der Waals surface area contributed by atoms with E-state index in [1.54, 1.807) is 20.8 Å². The number of rotatable bonds is 3. The normalized spacial score (nSPS) is 12.7. The number of carbonyl (C=O) groups is 1. The molecule has 0 fully saturated rings. The smallest absolute Gasteiger partial charge is 0.408 e. The number of ether oxygens (including phenoxy) is 1. The molecule has 1 heterocycles. The second-order valence-electron chi connectivity index (χ2n) is 5.89. The molecule has 2 aromatic rings. The SMILES string of the molecule is CC(C)(C)OC(=O)N[C@@H](C#N)Cc1c[nH]c2ccccc12. The minimum absolute atomic E-state index is 0.430. The molecule has 2 N–H and O–H groups in total. The zero-order valence-corrected chi connectivity index (χ0v) is 12.4. The molecule has 0 aliphatic rings. The second-order valence-corrected chi connectivity index (χ2v) is 5.89. The number of hydrogen-bond donors (Lipinski definition) is 2. The van der Waals surface area contributed by atoms with Crippen LogP contribution in [0.25, 0.3) is 10.9 Å². The lowest BCUT2D eigenvalue weighted by Gasteiger charge is -2.21. The molecule has 0 spiro atoms. The van der Waals surface area contributed by atoms with Gasteiger partial charge in [-0.2, -0.15) is 5.26 Å². The Balaban J connectivity index is 2.06. The summed E-state index contributed by atoms with van der Waals surface area (Å²) in [6.07, 6.45) is 1.72. The van der Waals surface area contributed by atoms with Crippen LogP contribution in [0.4, 0.5) is 4.79 Å². The Kier molecular flexibility index (Phi) is 4.18. The van der Waals surface area contributed by atoms with Crippen molar-refractivity contribution in [3.05, 3.63) is 36.0 Å². The summed E-state index contributed by atoms with van der Waals surface area (Å²) in [5.41, 5.74) is 1.43. The molecule has 5 heteroatoms. The number of carbonyl (C=O) groups excluding carboxylic acids is 1. The molecule has 0 aliphatic heterocycles. The number of aromatic amines is 1. The molecular formula is C16H19N3O2. The number of aromatic nitrogens is 1. The molecule has 0 radical (unpaired) electrons. The van der Waals surface area contributed by atoms with E-state index in [1.807, 2.05) is 30.5 Å². The van der Waals surface area contributed by atoms with E-state index < -0.39 is 17.7 Å². The van der Waals surface area contributed by atoms with Gasteiger partial charge in [0, 0.05) is 23.5 Å². The highest BCUT2D eigenvalue weighted by Crippen LogP contribution is 2.19. The van der Waals surface area contributed by atoms with Crippen LogP contribution in [0, 0.1) is 11.3 Å². The minimum atomic E-state index is -0.626. The summed E-state index contributed by atoms with van der Waals surface area (Å²) >= 11 is 0. The standard InChI is InChI=1S/C16H19N3O2/c1-16(2,3)21-15(20)19-12(9-17)8-11-10-18-14-7-5-4-6-13(11)14/h4-7,10,12,18H,8H2,1-3H3,(H,19,20)/t12-/m1/s1. The monoisotopic (exact) mass is 285 g/mol. The third-order valence-corrected chi connectivity index (χ3v) is 2.95. The van der Waals surface area contributed by atoms with Crippen LogP contribution in [-0.2, 0) is 11.2 Å². The highest BCUT2D eigenvalue weighted by atomic mass is 16.6. The van der Waals surface area contributed by atoms with Crippen molar-refractivity contribution in [1.29, 1.82) is 5.26 Å². The average Bonchev–Trinajstić information content (AvgIpc) is 2.79. The number of benzene rings is 1. The van der Waals surface area contributed by atoms with Gasteiger partial charge in [-0.1, -0.05) is 18.2 Å². The van der Waals surface area contributed by atoms with Crippen LogP contribution in [0.5, 0.6) is 0 Å². The summed E-state index contributed by atoms with van der Waals surface area (Å²) < 4.78 is 5.17. The number of H-pyrrole nitrogens is 1.